The molecule has 0 aliphatic heterocycles. The molecule has 0 spiro atoms. The number of halogens is 1. The van der Waals surface area contributed by atoms with Gasteiger partial charge in [0.15, 0.2) is 0 Å². The zero-order valence-electron chi connectivity index (χ0n) is 6.91. The van der Waals surface area contributed by atoms with Gasteiger partial charge < -0.3 is 5.73 Å². The van der Waals surface area contributed by atoms with Gasteiger partial charge in [-0.05, 0) is 37.1 Å². The van der Waals surface area contributed by atoms with E-state index in [1.165, 1.54) is 0 Å². The SMILES string of the molecule is NCCCC(Cl)c1ccncc1. The van der Waals surface area contributed by atoms with Crippen LogP contribution >= 0.6 is 11.6 Å². The lowest BCUT2D eigenvalue weighted by Crippen LogP contribution is -2.00. The maximum absolute atomic E-state index is 6.10. The first kappa shape index (κ1) is 9.49. The van der Waals surface area contributed by atoms with Crippen molar-refractivity contribution in [3.63, 3.8) is 0 Å². The largest absolute Gasteiger partial charge is 0.330 e. The zero-order chi connectivity index (χ0) is 8.81. The van der Waals surface area contributed by atoms with Gasteiger partial charge >= 0.3 is 0 Å². The highest BCUT2D eigenvalue weighted by Crippen LogP contribution is 2.24. The molecule has 1 rings (SSSR count). The van der Waals surface area contributed by atoms with Crippen LogP contribution in [0.3, 0.4) is 0 Å². The Morgan fingerprint density at radius 1 is 1.42 bits per heavy atom. The summed E-state index contributed by atoms with van der Waals surface area (Å²) in [4.78, 5) is 3.92. The van der Waals surface area contributed by atoms with Crippen molar-refractivity contribution in [2.24, 2.45) is 5.73 Å². The number of hydrogen-bond acceptors (Lipinski definition) is 2. The second-order valence-electron chi connectivity index (χ2n) is 2.68. The molecule has 0 amide bonds. The molecule has 1 aromatic heterocycles. The monoisotopic (exact) mass is 184 g/mol. The zero-order valence-corrected chi connectivity index (χ0v) is 7.67. The molecule has 2 N–H and O–H groups in total. The van der Waals surface area contributed by atoms with E-state index in [1.54, 1.807) is 12.4 Å². The summed E-state index contributed by atoms with van der Waals surface area (Å²) in [5.74, 6) is 0. The Balaban J connectivity index is 2.48. The van der Waals surface area contributed by atoms with Gasteiger partial charge in [-0.15, -0.1) is 11.6 Å². The highest BCUT2D eigenvalue weighted by Gasteiger charge is 2.05. The summed E-state index contributed by atoms with van der Waals surface area (Å²) >= 11 is 6.10. The van der Waals surface area contributed by atoms with Gasteiger partial charge in [-0.3, -0.25) is 4.98 Å². The van der Waals surface area contributed by atoms with Gasteiger partial charge in [0.25, 0.3) is 0 Å². The Hall–Kier alpha value is -0.600. The summed E-state index contributed by atoms with van der Waals surface area (Å²) in [6.45, 7) is 0.703. The van der Waals surface area contributed by atoms with Crippen LogP contribution in [0.2, 0.25) is 0 Å². The van der Waals surface area contributed by atoms with E-state index < -0.39 is 0 Å². The molecule has 1 aromatic rings. The van der Waals surface area contributed by atoms with Crippen molar-refractivity contribution in [1.82, 2.24) is 4.98 Å². The lowest BCUT2D eigenvalue weighted by atomic mass is 10.1. The van der Waals surface area contributed by atoms with Gasteiger partial charge in [0.2, 0.25) is 0 Å². The van der Waals surface area contributed by atoms with Crippen molar-refractivity contribution >= 4 is 11.6 Å². The van der Waals surface area contributed by atoms with E-state index in [-0.39, 0.29) is 5.38 Å². The van der Waals surface area contributed by atoms with Crippen LogP contribution in [0.15, 0.2) is 24.5 Å². The van der Waals surface area contributed by atoms with Gasteiger partial charge in [0.1, 0.15) is 0 Å². The summed E-state index contributed by atoms with van der Waals surface area (Å²) in [5, 5.41) is 0.0801. The van der Waals surface area contributed by atoms with Crippen LogP contribution in [-0.4, -0.2) is 11.5 Å². The molecule has 12 heavy (non-hydrogen) atoms. The van der Waals surface area contributed by atoms with E-state index >= 15 is 0 Å². The van der Waals surface area contributed by atoms with Crippen LogP contribution in [0.25, 0.3) is 0 Å². The minimum absolute atomic E-state index is 0.0801. The molecule has 0 radical (unpaired) electrons. The lowest BCUT2D eigenvalue weighted by molar-refractivity contribution is 0.725. The van der Waals surface area contributed by atoms with Crippen molar-refractivity contribution in [2.75, 3.05) is 6.54 Å². The minimum atomic E-state index is 0.0801. The molecule has 0 bridgehead atoms. The van der Waals surface area contributed by atoms with Crippen molar-refractivity contribution in [1.29, 1.82) is 0 Å². The molecule has 1 heterocycles. The van der Waals surface area contributed by atoms with Crippen LogP contribution < -0.4 is 5.73 Å². The number of hydrogen-bond donors (Lipinski definition) is 1. The fourth-order valence-electron chi connectivity index (χ4n) is 1.04. The van der Waals surface area contributed by atoms with Crippen LogP contribution in [0.1, 0.15) is 23.8 Å². The predicted octanol–water partition coefficient (Wildman–Crippen LogP) is 2.10. The third-order valence-corrected chi connectivity index (χ3v) is 2.20. The molecule has 3 heteroatoms. The standard InChI is InChI=1S/C9H13ClN2/c10-9(2-1-5-11)8-3-6-12-7-4-8/h3-4,6-7,9H,1-2,5,11H2. The topological polar surface area (TPSA) is 38.9 Å². The smallest absolute Gasteiger partial charge is 0.0586 e. The number of alkyl halides is 1. The van der Waals surface area contributed by atoms with Gasteiger partial charge in [-0.1, -0.05) is 0 Å². The Labute approximate surface area is 77.8 Å². The molecular weight excluding hydrogens is 172 g/mol. The maximum Gasteiger partial charge on any atom is 0.0586 e. The number of nitrogens with zero attached hydrogens (tertiary/aromatic N) is 1. The quantitative estimate of drug-likeness (QED) is 0.728. The number of nitrogens with two attached hydrogens (primary N) is 1. The van der Waals surface area contributed by atoms with E-state index in [0.717, 1.165) is 18.4 Å². The number of aromatic nitrogens is 1. The molecule has 0 fully saturated rings. The van der Waals surface area contributed by atoms with Gasteiger partial charge in [0.05, 0.1) is 5.38 Å². The fraction of sp³-hybridized carbons (Fsp3) is 0.444. The fourth-order valence-corrected chi connectivity index (χ4v) is 1.34. The molecule has 0 saturated carbocycles. The molecule has 1 unspecified atom stereocenters. The average molecular weight is 185 g/mol. The maximum atomic E-state index is 6.10. The van der Waals surface area contributed by atoms with Gasteiger partial charge in [-0.25, -0.2) is 0 Å². The molecule has 2 nitrogen and oxygen atoms in total. The minimum Gasteiger partial charge on any atom is -0.330 e. The van der Waals surface area contributed by atoms with E-state index in [0.29, 0.717) is 6.54 Å². The molecule has 0 saturated heterocycles. The molecule has 66 valence electrons. The van der Waals surface area contributed by atoms with Crippen LogP contribution in [-0.2, 0) is 0 Å². The van der Waals surface area contributed by atoms with Crippen LogP contribution in [0, 0.1) is 0 Å². The van der Waals surface area contributed by atoms with Crippen molar-refractivity contribution in [3.8, 4) is 0 Å². The van der Waals surface area contributed by atoms with E-state index in [2.05, 4.69) is 4.98 Å². The summed E-state index contributed by atoms with van der Waals surface area (Å²) in [6.07, 6.45) is 5.42. The molecule has 0 aromatic carbocycles. The first-order chi connectivity index (χ1) is 5.84. The summed E-state index contributed by atoms with van der Waals surface area (Å²) in [7, 11) is 0. The van der Waals surface area contributed by atoms with Crippen LogP contribution in [0.4, 0.5) is 0 Å². The highest BCUT2D eigenvalue weighted by atomic mass is 35.5. The molecular formula is C9H13ClN2. The van der Waals surface area contributed by atoms with Crippen LogP contribution in [0.5, 0.6) is 0 Å². The second kappa shape index (κ2) is 5.12. The summed E-state index contributed by atoms with van der Waals surface area (Å²) < 4.78 is 0. The summed E-state index contributed by atoms with van der Waals surface area (Å²) in [6, 6.07) is 3.88. The van der Waals surface area contributed by atoms with E-state index in [4.69, 9.17) is 17.3 Å². The van der Waals surface area contributed by atoms with Gasteiger partial charge in [-0.2, -0.15) is 0 Å². The highest BCUT2D eigenvalue weighted by molar-refractivity contribution is 6.20. The van der Waals surface area contributed by atoms with Crippen molar-refractivity contribution < 1.29 is 0 Å². The summed E-state index contributed by atoms with van der Waals surface area (Å²) in [5.41, 5.74) is 6.51. The molecule has 0 aliphatic rings. The predicted molar refractivity (Wildman–Crippen MR) is 51.1 cm³/mol. The Kier molecular flexibility index (Phi) is 4.05. The molecule has 1 atom stereocenters. The third-order valence-electron chi connectivity index (χ3n) is 1.73. The Morgan fingerprint density at radius 3 is 2.67 bits per heavy atom. The van der Waals surface area contributed by atoms with Crippen molar-refractivity contribution in [2.45, 2.75) is 18.2 Å². The van der Waals surface area contributed by atoms with E-state index in [9.17, 15) is 0 Å². The number of rotatable bonds is 4. The Morgan fingerprint density at radius 2 is 2.08 bits per heavy atom. The second-order valence-corrected chi connectivity index (χ2v) is 3.21. The van der Waals surface area contributed by atoms with Gasteiger partial charge in [0, 0.05) is 12.4 Å². The average Bonchev–Trinajstić information content (AvgIpc) is 2.15. The molecule has 0 aliphatic carbocycles. The van der Waals surface area contributed by atoms with Crippen molar-refractivity contribution in [3.05, 3.63) is 30.1 Å². The third kappa shape index (κ3) is 2.80. The first-order valence-corrected chi connectivity index (χ1v) is 4.52. The normalized spacial score (nSPS) is 12.8. The van der Waals surface area contributed by atoms with E-state index in [1.807, 2.05) is 12.1 Å². The first-order valence-electron chi connectivity index (χ1n) is 4.08. The number of pyridine rings is 1. The lowest BCUT2D eigenvalue weighted by Gasteiger charge is -2.07. The Bertz CT molecular complexity index is 213.